The second kappa shape index (κ2) is 4.46. The van der Waals surface area contributed by atoms with Crippen LogP contribution in [0.2, 0.25) is 0 Å². The van der Waals surface area contributed by atoms with Crippen LogP contribution >= 0.6 is 23.5 Å². The van der Waals surface area contributed by atoms with Crippen LogP contribution in [0.4, 0.5) is 0 Å². The van der Waals surface area contributed by atoms with Crippen LogP contribution in [-0.2, 0) is 0 Å². The standard InChI is InChI=1S/C13H19N3S2/c1-2-3-17-13-12(14-18-15-13)11-8-4-10-5-9(11)7-16(10)6-8/h8-11H,2-7H2,1H3. The summed E-state index contributed by atoms with van der Waals surface area (Å²) in [6.07, 6.45) is 4.04. The quantitative estimate of drug-likeness (QED) is 0.794. The van der Waals surface area contributed by atoms with Crippen molar-refractivity contribution < 1.29 is 0 Å². The molecule has 18 heavy (non-hydrogen) atoms. The van der Waals surface area contributed by atoms with Gasteiger partial charge in [-0.1, -0.05) is 6.92 Å². The molecule has 0 aromatic carbocycles. The average molecular weight is 281 g/mol. The number of rotatable bonds is 4. The molecule has 3 saturated heterocycles. The largest absolute Gasteiger partial charge is 0.300 e. The highest BCUT2D eigenvalue weighted by molar-refractivity contribution is 7.99. The molecular formula is C13H19N3S2. The summed E-state index contributed by atoms with van der Waals surface area (Å²) in [5, 5.41) is 1.25. The predicted molar refractivity (Wildman–Crippen MR) is 75.2 cm³/mol. The highest BCUT2D eigenvalue weighted by atomic mass is 32.2. The first-order chi connectivity index (χ1) is 8.86. The van der Waals surface area contributed by atoms with Gasteiger partial charge >= 0.3 is 0 Å². The highest BCUT2D eigenvalue weighted by Crippen LogP contribution is 2.54. The number of hydrogen-bond acceptors (Lipinski definition) is 5. The summed E-state index contributed by atoms with van der Waals surface area (Å²) in [7, 11) is 0. The lowest BCUT2D eigenvalue weighted by atomic mass is 9.72. The van der Waals surface area contributed by atoms with Crippen LogP contribution in [0.1, 0.15) is 37.8 Å². The minimum atomic E-state index is 0.720. The van der Waals surface area contributed by atoms with E-state index in [-0.39, 0.29) is 0 Å². The summed E-state index contributed by atoms with van der Waals surface area (Å²) in [5.41, 5.74) is 1.36. The van der Waals surface area contributed by atoms with Gasteiger partial charge in [-0.05, 0) is 36.9 Å². The molecule has 4 heterocycles. The Labute approximate surface area is 117 Å². The fourth-order valence-electron chi connectivity index (χ4n) is 4.26. The Hall–Kier alpha value is -0.130. The smallest absolute Gasteiger partial charge is 0.134 e. The Balaban J connectivity index is 1.61. The summed E-state index contributed by atoms with van der Waals surface area (Å²) < 4.78 is 9.22. The Morgan fingerprint density at radius 1 is 1.28 bits per heavy atom. The molecule has 5 heteroatoms. The molecule has 5 rings (SSSR count). The van der Waals surface area contributed by atoms with Crippen molar-refractivity contribution in [1.82, 2.24) is 13.6 Å². The first-order valence-electron chi connectivity index (χ1n) is 7.06. The molecule has 1 saturated carbocycles. The van der Waals surface area contributed by atoms with E-state index >= 15 is 0 Å². The van der Waals surface area contributed by atoms with Gasteiger partial charge in [0.2, 0.25) is 0 Å². The molecule has 0 amide bonds. The Bertz CT molecular complexity index is 417. The molecule has 4 aliphatic rings. The van der Waals surface area contributed by atoms with Crippen molar-refractivity contribution in [3.63, 3.8) is 0 Å². The van der Waals surface area contributed by atoms with Gasteiger partial charge in [0.1, 0.15) is 5.03 Å². The third kappa shape index (κ3) is 1.67. The van der Waals surface area contributed by atoms with E-state index in [1.54, 1.807) is 0 Å². The zero-order valence-electron chi connectivity index (χ0n) is 10.7. The summed E-state index contributed by atoms with van der Waals surface area (Å²) >= 11 is 3.34. The molecule has 0 radical (unpaired) electrons. The van der Waals surface area contributed by atoms with Crippen molar-refractivity contribution in [3.05, 3.63) is 5.69 Å². The number of nitrogens with zero attached hydrogens (tertiary/aromatic N) is 3. The number of piperidine rings is 1. The first kappa shape index (κ1) is 11.7. The zero-order chi connectivity index (χ0) is 12.1. The van der Waals surface area contributed by atoms with E-state index in [2.05, 4.69) is 20.6 Å². The van der Waals surface area contributed by atoms with E-state index in [9.17, 15) is 0 Å². The molecular weight excluding hydrogens is 262 g/mol. The average Bonchev–Trinajstić information content (AvgIpc) is 3.01. The first-order valence-corrected chi connectivity index (χ1v) is 8.77. The van der Waals surface area contributed by atoms with E-state index in [4.69, 9.17) is 0 Å². The van der Waals surface area contributed by atoms with E-state index in [0.717, 1.165) is 23.8 Å². The monoisotopic (exact) mass is 281 g/mol. The summed E-state index contributed by atoms with van der Waals surface area (Å²) in [4.78, 5) is 2.71. The van der Waals surface area contributed by atoms with Gasteiger partial charge in [-0.25, -0.2) is 0 Å². The van der Waals surface area contributed by atoms with Crippen molar-refractivity contribution in [2.24, 2.45) is 11.8 Å². The second-order valence-corrected chi connectivity index (χ2v) is 7.54. The lowest BCUT2D eigenvalue weighted by Gasteiger charge is -2.34. The van der Waals surface area contributed by atoms with E-state index in [1.807, 2.05) is 11.8 Å². The summed E-state index contributed by atoms with van der Waals surface area (Å²) in [6.45, 7) is 4.88. The molecule has 2 atom stereocenters. The number of hydrogen-bond donors (Lipinski definition) is 0. The van der Waals surface area contributed by atoms with Crippen LogP contribution in [0, 0.1) is 11.8 Å². The fraction of sp³-hybridized carbons (Fsp3) is 0.846. The molecule has 98 valence electrons. The molecule has 4 fully saturated rings. The summed E-state index contributed by atoms with van der Waals surface area (Å²) in [5.74, 6) is 3.63. The zero-order valence-corrected chi connectivity index (χ0v) is 12.3. The van der Waals surface area contributed by atoms with Gasteiger partial charge in [-0.2, -0.15) is 8.75 Å². The topological polar surface area (TPSA) is 29.0 Å². The van der Waals surface area contributed by atoms with Gasteiger partial charge in [0.25, 0.3) is 0 Å². The van der Waals surface area contributed by atoms with Gasteiger partial charge in [0.15, 0.2) is 0 Å². The van der Waals surface area contributed by atoms with Gasteiger partial charge in [-0.3, -0.25) is 4.90 Å². The van der Waals surface area contributed by atoms with Crippen LogP contribution in [-0.4, -0.2) is 38.5 Å². The minimum Gasteiger partial charge on any atom is -0.300 e. The number of aromatic nitrogens is 2. The maximum absolute atomic E-state index is 4.68. The maximum Gasteiger partial charge on any atom is 0.134 e. The molecule has 3 aliphatic heterocycles. The van der Waals surface area contributed by atoms with Crippen molar-refractivity contribution in [2.75, 3.05) is 18.8 Å². The van der Waals surface area contributed by atoms with E-state index in [1.165, 1.54) is 60.6 Å². The molecule has 1 aromatic rings. The van der Waals surface area contributed by atoms with Gasteiger partial charge in [-0.15, -0.1) is 11.8 Å². The Morgan fingerprint density at radius 3 is 2.72 bits per heavy atom. The van der Waals surface area contributed by atoms with Crippen molar-refractivity contribution in [1.29, 1.82) is 0 Å². The fourth-order valence-corrected chi connectivity index (χ4v) is 5.86. The number of thioether (sulfide) groups is 1. The van der Waals surface area contributed by atoms with Crippen LogP contribution in [0.3, 0.4) is 0 Å². The predicted octanol–water partition coefficient (Wildman–Crippen LogP) is 2.85. The van der Waals surface area contributed by atoms with Gasteiger partial charge in [0, 0.05) is 25.0 Å². The lowest BCUT2D eigenvalue weighted by molar-refractivity contribution is 0.217. The molecule has 2 unspecified atom stereocenters. The molecule has 0 spiro atoms. The van der Waals surface area contributed by atoms with Crippen LogP contribution in [0.5, 0.6) is 0 Å². The Morgan fingerprint density at radius 2 is 2.06 bits per heavy atom. The second-order valence-electron chi connectivity index (χ2n) is 5.93. The van der Waals surface area contributed by atoms with Crippen molar-refractivity contribution in [2.45, 2.75) is 43.2 Å². The van der Waals surface area contributed by atoms with E-state index in [0.29, 0.717) is 0 Å². The van der Waals surface area contributed by atoms with Crippen LogP contribution < -0.4 is 0 Å². The third-order valence-electron chi connectivity index (χ3n) is 4.86. The van der Waals surface area contributed by atoms with Gasteiger partial charge < -0.3 is 0 Å². The van der Waals surface area contributed by atoms with E-state index < -0.39 is 0 Å². The lowest BCUT2D eigenvalue weighted by Crippen LogP contribution is -2.34. The molecule has 1 aromatic heterocycles. The van der Waals surface area contributed by atoms with Crippen LogP contribution in [0.15, 0.2) is 5.03 Å². The minimum absolute atomic E-state index is 0.720. The van der Waals surface area contributed by atoms with Gasteiger partial charge in [0.05, 0.1) is 17.4 Å². The van der Waals surface area contributed by atoms with Crippen LogP contribution in [0.25, 0.3) is 0 Å². The Kier molecular flexibility index (Phi) is 2.89. The normalized spacial score (nSPS) is 40.8. The summed E-state index contributed by atoms with van der Waals surface area (Å²) in [6, 6.07) is 0.912. The van der Waals surface area contributed by atoms with Crippen molar-refractivity contribution >= 4 is 23.5 Å². The highest BCUT2D eigenvalue weighted by Gasteiger charge is 2.53. The van der Waals surface area contributed by atoms with Crippen molar-refractivity contribution in [3.8, 4) is 0 Å². The molecule has 1 aliphatic carbocycles. The SMILES string of the molecule is CCCSc1nsnc1C1C2CC3CC1CN3C2. The maximum atomic E-state index is 4.68. The molecule has 3 nitrogen and oxygen atoms in total. The molecule has 0 N–H and O–H groups in total. The third-order valence-corrected chi connectivity index (χ3v) is 6.70. The molecule has 4 bridgehead atoms.